The van der Waals surface area contributed by atoms with E-state index in [0.29, 0.717) is 24.2 Å². The summed E-state index contributed by atoms with van der Waals surface area (Å²) in [7, 11) is -0.549. The summed E-state index contributed by atoms with van der Waals surface area (Å²) in [6.45, 7) is 0.468. The van der Waals surface area contributed by atoms with Gasteiger partial charge in [-0.25, -0.2) is 14.4 Å². The molecule has 0 spiro atoms. The van der Waals surface area contributed by atoms with Crippen LogP contribution in [0.4, 0.5) is 10.3 Å². The van der Waals surface area contributed by atoms with Crippen molar-refractivity contribution in [3.63, 3.8) is 0 Å². The summed E-state index contributed by atoms with van der Waals surface area (Å²) in [6.07, 6.45) is 1.91. The fourth-order valence-electron chi connectivity index (χ4n) is 2.58. The maximum absolute atomic E-state index is 13.2. The molecule has 0 radical (unpaired) electrons. The predicted molar refractivity (Wildman–Crippen MR) is 93.1 cm³/mol. The molecule has 10 heteroatoms. The third-order valence-electron chi connectivity index (χ3n) is 4.00. The van der Waals surface area contributed by atoms with E-state index in [1.54, 1.807) is 0 Å². The molecule has 1 amide bonds. The van der Waals surface area contributed by atoms with Gasteiger partial charge in [0.1, 0.15) is 5.82 Å². The molecule has 0 aliphatic carbocycles. The van der Waals surface area contributed by atoms with Crippen LogP contribution in [-0.4, -0.2) is 53.5 Å². The highest BCUT2D eigenvalue weighted by Gasteiger charge is 2.29. The van der Waals surface area contributed by atoms with Crippen LogP contribution in [0.3, 0.4) is 0 Å². The lowest BCUT2D eigenvalue weighted by molar-refractivity contribution is 0.102. The number of fused-ring (bicyclic) bond motifs is 1. The van der Waals surface area contributed by atoms with Crippen LogP contribution in [-0.2, 0) is 23.2 Å². The fourth-order valence-corrected chi connectivity index (χ4v) is 3.67. The van der Waals surface area contributed by atoms with E-state index in [1.165, 1.54) is 42.8 Å². The van der Waals surface area contributed by atoms with Gasteiger partial charge in [-0.2, -0.15) is 17.0 Å². The van der Waals surface area contributed by atoms with E-state index in [4.69, 9.17) is 0 Å². The minimum absolute atomic E-state index is 0.0990. The van der Waals surface area contributed by atoms with Crippen LogP contribution >= 0.6 is 0 Å². The molecule has 1 aliphatic rings. The van der Waals surface area contributed by atoms with Gasteiger partial charge < -0.3 is 0 Å². The van der Waals surface area contributed by atoms with E-state index in [1.807, 2.05) is 0 Å². The van der Waals surface area contributed by atoms with Crippen LogP contribution in [0.2, 0.25) is 0 Å². The monoisotopic (exact) mass is 379 g/mol. The van der Waals surface area contributed by atoms with Crippen molar-refractivity contribution < 1.29 is 17.6 Å². The number of hydrogen-bond acceptors (Lipinski definition) is 5. The lowest BCUT2D eigenvalue weighted by Crippen LogP contribution is -2.43. The zero-order chi connectivity index (χ0) is 18.9. The van der Waals surface area contributed by atoms with Crippen LogP contribution < -0.4 is 5.32 Å². The molecule has 2 aromatic rings. The van der Waals surface area contributed by atoms with Crippen LogP contribution in [0.1, 0.15) is 21.6 Å². The van der Waals surface area contributed by atoms with Gasteiger partial charge in [0.05, 0.1) is 5.69 Å². The molecule has 0 saturated carbocycles. The number of aromatic nitrogens is 2. The van der Waals surface area contributed by atoms with Crippen LogP contribution in [0, 0.1) is 5.82 Å². The minimum Gasteiger partial charge on any atom is -0.290 e. The lowest BCUT2D eigenvalue weighted by atomic mass is 10.1. The Hall–Kier alpha value is -2.43. The number of nitrogens with one attached hydrogen (secondary N) is 1. The van der Waals surface area contributed by atoms with Crippen LogP contribution in [0.5, 0.6) is 0 Å². The van der Waals surface area contributed by atoms with Gasteiger partial charge in [-0.05, 0) is 18.2 Å². The molecule has 1 aromatic heterocycles. The fraction of sp³-hybridized carbons (Fsp3) is 0.312. The smallest absolute Gasteiger partial charge is 0.281 e. The largest absolute Gasteiger partial charge is 0.290 e. The van der Waals surface area contributed by atoms with Crippen molar-refractivity contribution in [1.82, 2.24) is 18.6 Å². The summed E-state index contributed by atoms with van der Waals surface area (Å²) in [6, 6.07) is 5.30. The predicted octanol–water partition coefficient (Wildman–Crippen LogP) is 1.03. The first-order chi connectivity index (χ1) is 12.3. The number of carbonyl (C=O) groups is 1. The van der Waals surface area contributed by atoms with E-state index in [0.717, 1.165) is 10.4 Å². The Kier molecular flexibility index (Phi) is 4.99. The Morgan fingerprint density at radius 3 is 2.81 bits per heavy atom. The molecule has 138 valence electrons. The van der Waals surface area contributed by atoms with Crippen molar-refractivity contribution in [2.45, 2.75) is 13.0 Å². The number of benzene rings is 1. The topological polar surface area (TPSA) is 95.5 Å². The van der Waals surface area contributed by atoms with E-state index in [2.05, 4.69) is 15.3 Å². The standard InChI is InChI=1S/C16H18FN5O3S/c1-21(2)26(24,25)22-7-6-14-12(10-22)9-18-16(19-14)20-15(23)11-4-3-5-13(17)8-11/h3-5,8-9H,6-7,10H2,1-2H3,(H,18,19,20,23). The van der Waals surface area contributed by atoms with Gasteiger partial charge in [0, 0.05) is 50.9 Å². The molecule has 1 N–H and O–H groups in total. The summed E-state index contributed by atoms with van der Waals surface area (Å²) < 4.78 is 40.2. The van der Waals surface area contributed by atoms with Crippen molar-refractivity contribution >= 4 is 22.1 Å². The Balaban J connectivity index is 1.76. The number of rotatable bonds is 4. The third kappa shape index (κ3) is 3.71. The van der Waals surface area contributed by atoms with Gasteiger partial charge in [-0.1, -0.05) is 6.07 Å². The van der Waals surface area contributed by atoms with Crippen molar-refractivity contribution in [3.05, 3.63) is 53.1 Å². The average molecular weight is 379 g/mol. The molecular formula is C16H18FN5O3S. The van der Waals surface area contributed by atoms with Crippen LogP contribution in [0.25, 0.3) is 0 Å². The molecule has 26 heavy (non-hydrogen) atoms. The first-order valence-electron chi connectivity index (χ1n) is 7.86. The second kappa shape index (κ2) is 7.06. The summed E-state index contributed by atoms with van der Waals surface area (Å²) in [4.78, 5) is 20.5. The van der Waals surface area contributed by atoms with Gasteiger partial charge in [0.25, 0.3) is 16.1 Å². The molecular weight excluding hydrogens is 361 g/mol. The molecule has 0 atom stereocenters. The zero-order valence-corrected chi connectivity index (χ0v) is 15.1. The second-order valence-electron chi connectivity index (χ2n) is 6.00. The summed E-state index contributed by atoms with van der Waals surface area (Å²) in [5.41, 5.74) is 1.53. The minimum atomic E-state index is -3.51. The summed E-state index contributed by atoms with van der Waals surface area (Å²) >= 11 is 0. The molecule has 0 saturated heterocycles. The number of anilines is 1. The van der Waals surface area contributed by atoms with E-state index in [9.17, 15) is 17.6 Å². The molecule has 2 heterocycles. The van der Waals surface area contributed by atoms with Gasteiger partial charge in [-0.15, -0.1) is 0 Å². The highest BCUT2D eigenvalue weighted by molar-refractivity contribution is 7.86. The summed E-state index contributed by atoms with van der Waals surface area (Å²) in [5.74, 6) is -0.926. The van der Waals surface area contributed by atoms with E-state index < -0.39 is 21.9 Å². The molecule has 8 nitrogen and oxygen atoms in total. The van der Waals surface area contributed by atoms with Gasteiger partial charge in [-0.3, -0.25) is 10.1 Å². The highest BCUT2D eigenvalue weighted by Crippen LogP contribution is 2.21. The van der Waals surface area contributed by atoms with Gasteiger partial charge in [0.2, 0.25) is 5.95 Å². The molecule has 1 aromatic carbocycles. The van der Waals surface area contributed by atoms with Crippen molar-refractivity contribution in [2.75, 3.05) is 26.0 Å². The first-order valence-corrected chi connectivity index (χ1v) is 9.26. The van der Waals surface area contributed by atoms with Gasteiger partial charge in [0.15, 0.2) is 0 Å². The SMILES string of the molecule is CN(C)S(=O)(=O)N1CCc2nc(NC(=O)c3cccc(F)c3)ncc2C1. The second-order valence-corrected chi connectivity index (χ2v) is 8.15. The van der Waals surface area contributed by atoms with Crippen LogP contribution in [0.15, 0.2) is 30.5 Å². The van der Waals surface area contributed by atoms with Crippen molar-refractivity contribution in [2.24, 2.45) is 0 Å². The zero-order valence-electron chi connectivity index (χ0n) is 14.3. The molecule has 0 fully saturated rings. The normalized spacial score (nSPS) is 14.9. The Morgan fingerprint density at radius 1 is 1.35 bits per heavy atom. The number of hydrogen-bond donors (Lipinski definition) is 1. The lowest BCUT2D eigenvalue weighted by Gasteiger charge is -2.29. The number of amides is 1. The van der Waals surface area contributed by atoms with E-state index >= 15 is 0 Å². The maximum Gasteiger partial charge on any atom is 0.281 e. The first kappa shape index (κ1) is 18.4. The molecule has 0 unspecified atom stereocenters. The Morgan fingerprint density at radius 2 is 2.12 bits per heavy atom. The number of nitrogens with zero attached hydrogens (tertiary/aromatic N) is 4. The van der Waals surface area contributed by atoms with Gasteiger partial charge >= 0.3 is 0 Å². The quantitative estimate of drug-likeness (QED) is 0.856. The maximum atomic E-state index is 13.2. The van der Waals surface area contributed by atoms with E-state index in [-0.39, 0.29) is 18.1 Å². The third-order valence-corrected chi connectivity index (χ3v) is 5.89. The summed E-state index contributed by atoms with van der Waals surface area (Å²) in [5, 5.41) is 2.53. The van der Waals surface area contributed by atoms with Crippen molar-refractivity contribution in [1.29, 1.82) is 0 Å². The average Bonchev–Trinajstić information content (AvgIpc) is 2.61. The molecule has 0 bridgehead atoms. The highest BCUT2D eigenvalue weighted by atomic mass is 32.2. The number of carbonyl (C=O) groups excluding carboxylic acids is 1. The molecule has 3 rings (SSSR count). The molecule has 1 aliphatic heterocycles. The number of halogens is 1. The Labute approximate surface area is 150 Å². The van der Waals surface area contributed by atoms with Crippen molar-refractivity contribution in [3.8, 4) is 0 Å². The Bertz CT molecular complexity index is 949.